The van der Waals surface area contributed by atoms with E-state index < -0.39 is 53.0 Å². The molecule has 0 aromatic carbocycles. The molecule has 1 aromatic rings. The largest absolute Gasteiger partial charge is 0.466 e. The zero-order chi connectivity index (χ0) is 16.7. The number of carbonyl (C=O) groups excluding carboxylic acids is 2. The molecular weight excluding hydrogens is 311 g/mol. The number of halogens is 1. The molecule has 122 valence electrons. The molecule has 4 unspecified atom stereocenters. The smallest absolute Gasteiger partial charge is 0.335 e. The molecule has 0 spiro atoms. The topological polar surface area (TPSA) is 107 Å². The number of aromatic nitrogens is 2. The van der Waals surface area contributed by atoms with Gasteiger partial charge < -0.3 is 9.47 Å². The van der Waals surface area contributed by atoms with Gasteiger partial charge in [-0.2, -0.15) is 4.39 Å². The Morgan fingerprint density at radius 1 is 1.30 bits per heavy atom. The van der Waals surface area contributed by atoms with Crippen molar-refractivity contribution in [2.24, 2.45) is 11.8 Å². The van der Waals surface area contributed by atoms with Crippen molar-refractivity contribution in [1.29, 1.82) is 0 Å². The van der Waals surface area contributed by atoms with Gasteiger partial charge in [0.15, 0.2) is 0 Å². The van der Waals surface area contributed by atoms with Crippen molar-refractivity contribution in [1.82, 2.24) is 9.55 Å². The Morgan fingerprint density at radius 3 is 2.61 bits per heavy atom. The van der Waals surface area contributed by atoms with Crippen LogP contribution < -0.4 is 11.2 Å². The van der Waals surface area contributed by atoms with Crippen LogP contribution in [0.1, 0.15) is 11.7 Å². The van der Waals surface area contributed by atoms with E-state index in [0.717, 1.165) is 0 Å². The van der Waals surface area contributed by atoms with Crippen LogP contribution in [0.5, 0.6) is 0 Å². The summed E-state index contributed by atoms with van der Waals surface area (Å²) in [6, 6.07) is 0. The first-order valence-corrected chi connectivity index (χ1v) is 7.00. The Hall–Kier alpha value is -2.55. The second kappa shape index (κ2) is 5.58. The Morgan fingerprint density at radius 2 is 1.96 bits per heavy atom. The van der Waals surface area contributed by atoms with Gasteiger partial charge in [-0.3, -0.25) is 19.4 Å². The summed E-state index contributed by atoms with van der Waals surface area (Å²) in [7, 11) is 0. The average Bonchev–Trinajstić information content (AvgIpc) is 3.11. The minimum atomic E-state index is -1.27. The molecule has 3 heterocycles. The number of ether oxygens (including phenoxy) is 2. The Kier molecular flexibility index (Phi) is 3.72. The minimum Gasteiger partial charge on any atom is -0.466 e. The fourth-order valence-corrected chi connectivity index (χ4v) is 2.89. The van der Waals surface area contributed by atoms with Crippen molar-refractivity contribution in [3.8, 4) is 0 Å². The van der Waals surface area contributed by atoms with E-state index in [1.165, 1.54) is 0 Å². The van der Waals surface area contributed by atoms with E-state index in [0.29, 0.717) is 10.8 Å². The van der Waals surface area contributed by atoms with Gasteiger partial charge in [0.2, 0.25) is 11.7 Å². The van der Waals surface area contributed by atoms with Crippen LogP contribution >= 0.6 is 0 Å². The SMILES string of the molecule is CCOC(=O)C1C2C=CC(O2)C1C(=O)n1cc(F)c(=O)[nH]c1=O. The number of aromatic amines is 1. The quantitative estimate of drug-likeness (QED) is 0.590. The fourth-order valence-electron chi connectivity index (χ4n) is 2.89. The highest BCUT2D eigenvalue weighted by atomic mass is 19.1. The number of esters is 1. The summed E-state index contributed by atoms with van der Waals surface area (Å²) in [6.07, 6.45) is 2.43. The number of H-pyrrole nitrogens is 1. The van der Waals surface area contributed by atoms with Gasteiger partial charge in [-0.05, 0) is 6.92 Å². The maximum Gasteiger partial charge on any atom is 0.335 e. The predicted octanol–water partition coefficient (Wildman–Crippen LogP) is -0.551. The number of hydrogen-bond donors (Lipinski definition) is 1. The van der Waals surface area contributed by atoms with Gasteiger partial charge in [-0.25, -0.2) is 9.36 Å². The highest BCUT2D eigenvalue weighted by Gasteiger charge is 2.54. The molecule has 0 amide bonds. The van der Waals surface area contributed by atoms with E-state index in [-0.39, 0.29) is 6.61 Å². The summed E-state index contributed by atoms with van der Waals surface area (Å²) in [5.41, 5.74) is -2.29. The summed E-state index contributed by atoms with van der Waals surface area (Å²) >= 11 is 0. The third-order valence-electron chi connectivity index (χ3n) is 3.88. The summed E-state index contributed by atoms with van der Waals surface area (Å²) in [4.78, 5) is 49.2. The molecule has 0 saturated carbocycles. The third-order valence-corrected chi connectivity index (χ3v) is 3.88. The van der Waals surface area contributed by atoms with Crippen LogP contribution in [-0.4, -0.2) is 40.2 Å². The van der Waals surface area contributed by atoms with E-state index >= 15 is 0 Å². The molecule has 8 nitrogen and oxygen atoms in total. The molecule has 23 heavy (non-hydrogen) atoms. The van der Waals surface area contributed by atoms with Crippen LogP contribution in [0.4, 0.5) is 4.39 Å². The monoisotopic (exact) mass is 324 g/mol. The molecule has 0 radical (unpaired) electrons. The van der Waals surface area contributed by atoms with Crippen molar-refractivity contribution in [3.05, 3.63) is 45.0 Å². The van der Waals surface area contributed by atoms with Crippen molar-refractivity contribution >= 4 is 11.9 Å². The van der Waals surface area contributed by atoms with E-state index in [1.54, 1.807) is 24.1 Å². The summed E-state index contributed by atoms with van der Waals surface area (Å²) in [5.74, 6) is -4.67. The maximum absolute atomic E-state index is 13.4. The second-order valence-electron chi connectivity index (χ2n) is 5.20. The van der Waals surface area contributed by atoms with Gasteiger partial charge in [0.1, 0.15) is 5.92 Å². The van der Waals surface area contributed by atoms with Crippen molar-refractivity contribution in [2.45, 2.75) is 19.1 Å². The first-order chi connectivity index (χ1) is 10.9. The Labute approximate surface area is 128 Å². The van der Waals surface area contributed by atoms with E-state index in [9.17, 15) is 23.6 Å². The first kappa shape index (κ1) is 15.3. The minimum absolute atomic E-state index is 0.130. The van der Waals surface area contributed by atoms with Gasteiger partial charge >= 0.3 is 11.7 Å². The molecule has 4 atom stereocenters. The van der Waals surface area contributed by atoms with Crippen LogP contribution in [0.25, 0.3) is 0 Å². The van der Waals surface area contributed by atoms with Crippen molar-refractivity contribution in [2.75, 3.05) is 6.61 Å². The third kappa shape index (κ3) is 2.42. The van der Waals surface area contributed by atoms with Crippen LogP contribution in [0.3, 0.4) is 0 Å². The average molecular weight is 324 g/mol. The first-order valence-electron chi connectivity index (χ1n) is 7.00. The molecule has 0 aliphatic carbocycles. The highest BCUT2D eigenvalue weighted by Crippen LogP contribution is 2.40. The molecule has 9 heteroatoms. The van der Waals surface area contributed by atoms with Crippen molar-refractivity contribution in [3.63, 3.8) is 0 Å². The van der Waals surface area contributed by atoms with Crippen molar-refractivity contribution < 1.29 is 23.5 Å². The lowest BCUT2D eigenvalue weighted by molar-refractivity contribution is -0.149. The molecule has 1 saturated heterocycles. The van der Waals surface area contributed by atoms with E-state index in [1.807, 2.05) is 0 Å². The number of fused-ring (bicyclic) bond motifs is 2. The second-order valence-corrected chi connectivity index (χ2v) is 5.20. The lowest BCUT2D eigenvalue weighted by Crippen LogP contribution is -2.44. The maximum atomic E-state index is 13.4. The summed E-state index contributed by atoms with van der Waals surface area (Å²) < 4.78 is 24.3. The zero-order valence-electron chi connectivity index (χ0n) is 12.0. The highest BCUT2D eigenvalue weighted by molar-refractivity contribution is 5.89. The molecular formula is C14H13FN2O6. The Balaban J connectivity index is 1.99. The van der Waals surface area contributed by atoms with Crippen LogP contribution in [0.2, 0.25) is 0 Å². The lowest BCUT2D eigenvalue weighted by atomic mass is 9.82. The molecule has 2 aliphatic rings. The number of rotatable bonds is 3. The van der Waals surface area contributed by atoms with Gasteiger partial charge in [-0.15, -0.1) is 0 Å². The normalized spacial score (nSPS) is 28.1. The van der Waals surface area contributed by atoms with Crippen LogP contribution in [0, 0.1) is 17.7 Å². The molecule has 2 aliphatic heterocycles. The molecule has 3 rings (SSSR count). The number of nitrogens with zero attached hydrogens (tertiary/aromatic N) is 1. The number of nitrogens with one attached hydrogen (secondary N) is 1. The Bertz CT molecular complexity index is 810. The van der Waals surface area contributed by atoms with Crippen LogP contribution in [-0.2, 0) is 14.3 Å². The number of hydrogen-bond acceptors (Lipinski definition) is 6. The number of carbonyl (C=O) groups is 2. The molecule has 1 fully saturated rings. The lowest BCUT2D eigenvalue weighted by Gasteiger charge is -2.22. The van der Waals surface area contributed by atoms with Gasteiger partial charge in [0, 0.05) is 0 Å². The van der Waals surface area contributed by atoms with E-state index in [2.05, 4.69) is 0 Å². The van der Waals surface area contributed by atoms with E-state index in [4.69, 9.17) is 9.47 Å². The predicted molar refractivity (Wildman–Crippen MR) is 73.3 cm³/mol. The van der Waals surface area contributed by atoms with Crippen LogP contribution in [0.15, 0.2) is 27.9 Å². The zero-order valence-corrected chi connectivity index (χ0v) is 12.0. The fraction of sp³-hybridized carbons (Fsp3) is 0.429. The summed E-state index contributed by atoms with van der Waals surface area (Å²) in [6.45, 7) is 1.75. The molecule has 1 aromatic heterocycles. The van der Waals surface area contributed by atoms with Gasteiger partial charge in [0.05, 0.1) is 30.9 Å². The van der Waals surface area contributed by atoms with Gasteiger partial charge in [0.25, 0.3) is 5.56 Å². The summed E-state index contributed by atoms with van der Waals surface area (Å²) in [5, 5.41) is 0. The van der Waals surface area contributed by atoms with Gasteiger partial charge in [-0.1, -0.05) is 12.2 Å². The molecule has 2 bridgehead atoms. The molecule has 1 N–H and O–H groups in total. The standard InChI is InChI=1S/C14H13FN2O6/c1-2-22-13(20)10-8-4-3-7(23-8)9(10)12(19)17-5-6(15)11(18)16-14(17)21/h3-5,7-10H,2H2,1H3,(H,16,18,21).